The Labute approximate surface area is 123 Å². The van der Waals surface area contributed by atoms with Crippen molar-refractivity contribution in [2.24, 2.45) is 5.92 Å². The highest BCUT2D eigenvalue weighted by atomic mass is 19.4. The van der Waals surface area contributed by atoms with Gasteiger partial charge in [-0.3, -0.25) is 4.79 Å². The average Bonchev–Trinajstić information content (AvgIpc) is 3.00. The van der Waals surface area contributed by atoms with Crippen LogP contribution in [0.25, 0.3) is 5.52 Å². The summed E-state index contributed by atoms with van der Waals surface area (Å²) in [6.45, 7) is 1.09. The summed E-state index contributed by atoms with van der Waals surface area (Å²) in [6.07, 6.45) is -1.32. The van der Waals surface area contributed by atoms with Crippen LogP contribution in [-0.2, 0) is 11.0 Å². The fourth-order valence-corrected chi connectivity index (χ4v) is 2.53. The first-order chi connectivity index (χ1) is 10.3. The Kier molecular flexibility index (Phi) is 3.42. The molecule has 0 spiro atoms. The van der Waals surface area contributed by atoms with Gasteiger partial charge in [0.1, 0.15) is 5.52 Å². The third kappa shape index (κ3) is 2.70. The molecule has 0 aromatic carbocycles. The molecule has 9 heteroatoms. The Morgan fingerprint density at radius 2 is 2.23 bits per heavy atom. The normalized spacial score (nSPS) is 19.2. The lowest BCUT2D eigenvalue weighted by atomic mass is 10.1. The number of nitrogens with one attached hydrogen (secondary N) is 1. The second-order valence-electron chi connectivity index (χ2n) is 5.36. The van der Waals surface area contributed by atoms with E-state index < -0.39 is 11.9 Å². The molecule has 1 aliphatic rings. The second-order valence-corrected chi connectivity index (χ2v) is 5.36. The highest BCUT2D eigenvalue weighted by molar-refractivity contribution is 5.78. The van der Waals surface area contributed by atoms with Gasteiger partial charge in [0, 0.05) is 50.9 Å². The summed E-state index contributed by atoms with van der Waals surface area (Å²) < 4.78 is 39.3. The van der Waals surface area contributed by atoms with E-state index in [9.17, 15) is 18.0 Å². The molecule has 1 saturated heterocycles. The highest BCUT2D eigenvalue weighted by Gasteiger charge is 2.34. The number of rotatable bonds is 3. The van der Waals surface area contributed by atoms with Crippen molar-refractivity contribution in [3.8, 4) is 0 Å². The Bertz CT molecular complexity index is 711. The van der Waals surface area contributed by atoms with Gasteiger partial charge in [0.05, 0.1) is 0 Å². The van der Waals surface area contributed by atoms with Gasteiger partial charge in [0.15, 0.2) is 11.5 Å². The van der Waals surface area contributed by atoms with E-state index in [-0.39, 0.29) is 17.3 Å². The minimum atomic E-state index is -4.50. The SMILES string of the molecule is CN1CC(CNc2nccn3nc(C(F)(F)F)cc23)CC1=O. The number of anilines is 1. The van der Waals surface area contributed by atoms with Crippen LogP contribution >= 0.6 is 0 Å². The maximum atomic E-state index is 12.7. The van der Waals surface area contributed by atoms with Crippen LogP contribution in [0.1, 0.15) is 12.1 Å². The molecule has 0 radical (unpaired) electrons. The first-order valence-electron chi connectivity index (χ1n) is 6.74. The predicted molar refractivity (Wildman–Crippen MR) is 72.2 cm³/mol. The molecule has 1 N–H and O–H groups in total. The van der Waals surface area contributed by atoms with Gasteiger partial charge in [-0.05, 0) is 0 Å². The van der Waals surface area contributed by atoms with Gasteiger partial charge in [0.25, 0.3) is 0 Å². The number of halogens is 3. The van der Waals surface area contributed by atoms with Crippen molar-refractivity contribution in [3.63, 3.8) is 0 Å². The molecule has 0 bridgehead atoms. The number of aromatic nitrogens is 3. The number of alkyl halides is 3. The third-order valence-corrected chi connectivity index (χ3v) is 3.66. The number of likely N-dealkylation sites (tertiary alicyclic amines) is 1. The van der Waals surface area contributed by atoms with Crippen LogP contribution < -0.4 is 5.32 Å². The third-order valence-electron chi connectivity index (χ3n) is 3.66. The summed E-state index contributed by atoms with van der Waals surface area (Å²) in [7, 11) is 1.73. The fraction of sp³-hybridized carbons (Fsp3) is 0.462. The average molecular weight is 313 g/mol. The zero-order chi connectivity index (χ0) is 15.9. The van der Waals surface area contributed by atoms with E-state index in [0.29, 0.717) is 25.3 Å². The Balaban J connectivity index is 1.79. The van der Waals surface area contributed by atoms with Gasteiger partial charge < -0.3 is 10.2 Å². The summed E-state index contributed by atoms with van der Waals surface area (Å²) in [5.74, 6) is 0.513. The maximum absolute atomic E-state index is 12.7. The van der Waals surface area contributed by atoms with Gasteiger partial charge in [-0.2, -0.15) is 18.3 Å². The lowest BCUT2D eigenvalue weighted by molar-refractivity contribution is -0.141. The van der Waals surface area contributed by atoms with Gasteiger partial charge >= 0.3 is 6.18 Å². The van der Waals surface area contributed by atoms with Gasteiger partial charge in [-0.1, -0.05) is 0 Å². The van der Waals surface area contributed by atoms with E-state index in [1.54, 1.807) is 11.9 Å². The standard InChI is InChI=1S/C13H14F3N5O/c1-20-7-8(4-11(20)22)6-18-12-9-5-10(13(14,15)16)19-21(9)3-2-17-12/h2-3,5,8H,4,6-7H2,1H3,(H,17,18). The number of nitrogens with zero attached hydrogens (tertiary/aromatic N) is 4. The number of hydrogen-bond donors (Lipinski definition) is 1. The molecule has 3 rings (SSSR count). The number of carbonyl (C=O) groups excluding carboxylic acids is 1. The van der Waals surface area contributed by atoms with E-state index >= 15 is 0 Å². The van der Waals surface area contributed by atoms with Crippen LogP contribution in [0.15, 0.2) is 18.5 Å². The summed E-state index contributed by atoms with van der Waals surface area (Å²) in [6, 6.07) is 0.960. The molecule has 3 heterocycles. The molecule has 2 aromatic rings. The molecule has 0 saturated carbocycles. The van der Waals surface area contributed by atoms with Gasteiger partial charge in [-0.15, -0.1) is 0 Å². The lowest BCUT2D eigenvalue weighted by Crippen LogP contribution is -2.21. The van der Waals surface area contributed by atoms with Crippen molar-refractivity contribution in [2.75, 3.05) is 25.5 Å². The topological polar surface area (TPSA) is 62.5 Å². The minimum absolute atomic E-state index is 0.0710. The van der Waals surface area contributed by atoms with E-state index in [1.807, 2.05) is 0 Å². The molecular formula is C13H14F3N5O. The van der Waals surface area contributed by atoms with Crippen molar-refractivity contribution in [3.05, 3.63) is 24.2 Å². The van der Waals surface area contributed by atoms with Crippen molar-refractivity contribution >= 4 is 17.2 Å². The molecular weight excluding hydrogens is 299 g/mol. The van der Waals surface area contributed by atoms with Gasteiger partial charge in [0.2, 0.25) is 5.91 Å². The summed E-state index contributed by atoms with van der Waals surface area (Å²) in [4.78, 5) is 17.2. The number of amides is 1. The second kappa shape index (κ2) is 5.15. The highest BCUT2D eigenvalue weighted by Crippen LogP contribution is 2.30. The lowest BCUT2D eigenvalue weighted by Gasteiger charge is -2.12. The quantitative estimate of drug-likeness (QED) is 0.936. The first-order valence-corrected chi connectivity index (χ1v) is 6.74. The molecule has 2 aromatic heterocycles. The zero-order valence-corrected chi connectivity index (χ0v) is 11.8. The summed E-state index contributed by atoms with van der Waals surface area (Å²) in [5.41, 5.74) is -0.702. The van der Waals surface area contributed by atoms with Crippen molar-refractivity contribution < 1.29 is 18.0 Å². The number of hydrogen-bond acceptors (Lipinski definition) is 4. The zero-order valence-electron chi connectivity index (χ0n) is 11.8. The number of fused-ring (bicyclic) bond motifs is 1. The van der Waals surface area contributed by atoms with Crippen molar-refractivity contribution in [1.82, 2.24) is 19.5 Å². The molecule has 1 fully saturated rings. The monoisotopic (exact) mass is 313 g/mol. The molecule has 1 unspecified atom stereocenters. The molecule has 1 aliphatic heterocycles. The van der Waals surface area contributed by atoms with Crippen LogP contribution in [0.4, 0.5) is 19.0 Å². The van der Waals surface area contributed by atoms with Crippen molar-refractivity contribution in [2.45, 2.75) is 12.6 Å². The minimum Gasteiger partial charge on any atom is -0.368 e. The molecule has 22 heavy (non-hydrogen) atoms. The van der Waals surface area contributed by atoms with Crippen LogP contribution in [0.2, 0.25) is 0 Å². The fourth-order valence-electron chi connectivity index (χ4n) is 2.53. The largest absolute Gasteiger partial charge is 0.435 e. The first kappa shape index (κ1) is 14.6. The van der Waals surface area contributed by atoms with Crippen LogP contribution in [-0.4, -0.2) is 45.5 Å². The van der Waals surface area contributed by atoms with Crippen molar-refractivity contribution in [1.29, 1.82) is 0 Å². The van der Waals surface area contributed by atoms with Crippen LogP contribution in [0.3, 0.4) is 0 Å². The predicted octanol–water partition coefficient (Wildman–Crippen LogP) is 1.64. The Morgan fingerprint density at radius 3 is 2.86 bits per heavy atom. The molecule has 0 aliphatic carbocycles. The van der Waals surface area contributed by atoms with Crippen LogP contribution in [0.5, 0.6) is 0 Å². The molecule has 1 atom stereocenters. The molecule has 1 amide bonds. The summed E-state index contributed by atoms with van der Waals surface area (Å²) >= 11 is 0. The molecule has 6 nitrogen and oxygen atoms in total. The smallest absolute Gasteiger partial charge is 0.368 e. The van der Waals surface area contributed by atoms with E-state index in [0.717, 1.165) is 10.6 Å². The van der Waals surface area contributed by atoms with Gasteiger partial charge in [-0.25, -0.2) is 9.50 Å². The Hall–Kier alpha value is -2.32. The van der Waals surface area contributed by atoms with E-state index in [4.69, 9.17) is 0 Å². The number of carbonyl (C=O) groups is 1. The van der Waals surface area contributed by atoms with E-state index in [2.05, 4.69) is 15.4 Å². The van der Waals surface area contributed by atoms with Crippen LogP contribution in [0, 0.1) is 5.92 Å². The maximum Gasteiger partial charge on any atom is 0.435 e. The molecule has 118 valence electrons. The summed E-state index contributed by atoms with van der Waals surface area (Å²) in [5, 5.41) is 6.52. The van der Waals surface area contributed by atoms with E-state index in [1.165, 1.54) is 12.4 Å². The Morgan fingerprint density at radius 1 is 1.45 bits per heavy atom.